The third-order valence-corrected chi connectivity index (χ3v) is 3.76. The number of rotatable bonds is 5. The predicted octanol–water partition coefficient (Wildman–Crippen LogP) is 3.54. The minimum Gasteiger partial charge on any atom is -0.381 e. The molecule has 0 bridgehead atoms. The van der Waals surface area contributed by atoms with Crippen molar-refractivity contribution in [3.63, 3.8) is 0 Å². The first kappa shape index (κ1) is 17.7. The van der Waals surface area contributed by atoms with Crippen LogP contribution in [0.5, 0.6) is 0 Å². The van der Waals surface area contributed by atoms with Crippen molar-refractivity contribution in [3.05, 3.63) is 29.3 Å². The number of halogens is 3. The van der Waals surface area contributed by atoms with Gasteiger partial charge in [0, 0.05) is 18.9 Å². The molecule has 128 valence electrons. The van der Waals surface area contributed by atoms with Gasteiger partial charge in [-0.1, -0.05) is 6.07 Å². The Kier molecular flexibility index (Phi) is 6.01. The number of alkyl halides is 3. The highest BCUT2D eigenvalue weighted by Crippen LogP contribution is 2.34. The highest BCUT2D eigenvalue weighted by molar-refractivity contribution is 5.91. The van der Waals surface area contributed by atoms with Crippen LogP contribution in [0.4, 0.5) is 18.9 Å². The lowest BCUT2D eigenvalue weighted by Crippen LogP contribution is -2.25. The summed E-state index contributed by atoms with van der Waals surface area (Å²) in [6.45, 7) is 2.89. The van der Waals surface area contributed by atoms with Crippen molar-refractivity contribution in [3.8, 4) is 0 Å². The Labute approximate surface area is 133 Å². The van der Waals surface area contributed by atoms with E-state index in [1.807, 2.05) is 0 Å². The van der Waals surface area contributed by atoms with Gasteiger partial charge in [0.05, 0.1) is 24.7 Å². The van der Waals surface area contributed by atoms with Crippen LogP contribution in [-0.4, -0.2) is 31.8 Å². The molecule has 1 saturated heterocycles. The average molecular weight is 331 g/mol. The lowest BCUT2D eigenvalue weighted by Gasteiger charge is -2.22. The van der Waals surface area contributed by atoms with Gasteiger partial charge in [0.15, 0.2) is 0 Å². The Hall–Kier alpha value is -1.60. The molecule has 2 rings (SSSR count). The summed E-state index contributed by atoms with van der Waals surface area (Å²) in [5.41, 5.74) is -0.552. The highest BCUT2D eigenvalue weighted by atomic mass is 19.4. The minimum atomic E-state index is -4.43. The number of hydrogen-bond acceptors (Lipinski definition) is 3. The zero-order valence-electron chi connectivity index (χ0n) is 12.9. The number of anilines is 1. The van der Waals surface area contributed by atoms with Crippen LogP contribution in [0, 0.1) is 6.92 Å². The van der Waals surface area contributed by atoms with E-state index in [9.17, 15) is 18.0 Å². The van der Waals surface area contributed by atoms with Crippen molar-refractivity contribution in [1.82, 2.24) is 0 Å². The van der Waals surface area contributed by atoms with Crippen molar-refractivity contribution >= 4 is 11.6 Å². The van der Waals surface area contributed by atoms with Gasteiger partial charge in [-0.25, -0.2) is 0 Å². The molecule has 0 unspecified atom stereocenters. The monoisotopic (exact) mass is 331 g/mol. The summed E-state index contributed by atoms with van der Waals surface area (Å²) < 4.78 is 49.3. The van der Waals surface area contributed by atoms with Crippen molar-refractivity contribution in [2.75, 3.05) is 25.1 Å². The van der Waals surface area contributed by atoms with Crippen LogP contribution in [0.15, 0.2) is 18.2 Å². The van der Waals surface area contributed by atoms with E-state index in [1.165, 1.54) is 19.1 Å². The number of carbonyl (C=O) groups excluding carboxylic acids is 1. The summed E-state index contributed by atoms with van der Waals surface area (Å²) in [6.07, 6.45) is -2.64. The maximum absolute atomic E-state index is 12.8. The normalized spacial score (nSPS) is 16.3. The van der Waals surface area contributed by atoms with E-state index in [2.05, 4.69) is 5.32 Å². The molecule has 1 heterocycles. The number of benzene rings is 1. The molecule has 1 amide bonds. The van der Waals surface area contributed by atoms with Crippen LogP contribution in [0.1, 0.15) is 30.4 Å². The Morgan fingerprint density at radius 2 is 2.04 bits per heavy atom. The molecule has 1 aliphatic rings. The molecule has 1 aliphatic heterocycles. The van der Waals surface area contributed by atoms with Crippen LogP contribution in [0.3, 0.4) is 0 Å². The van der Waals surface area contributed by atoms with Crippen molar-refractivity contribution < 1.29 is 27.4 Å². The Morgan fingerprint density at radius 1 is 1.35 bits per heavy atom. The molecule has 1 aromatic carbocycles. The smallest absolute Gasteiger partial charge is 0.381 e. The molecule has 0 atom stereocenters. The zero-order valence-corrected chi connectivity index (χ0v) is 12.9. The van der Waals surface area contributed by atoms with Gasteiger partial charge in [-0.3, -0.25) is 4.79 Å². The van der Waals surface area contributed by atoms with Crippen molar-refractivity contribution in [1.29, 1.82) is 0 Å². The second-order valence-corrected chi connectivity index (χ2v) is 5.46. The van der Waals surface area contributed by atoms with Gasteiger partial charge < -0.3 is 14.8 Å². The van der Waals surface area contributed by atoms with Crippen molar-refractivity contribution in [2.45, 2.75) is 38.5 Å². The standard InChI is InChI=1S/C16H20F3NO3/c1-11-13(16(17,18)19)3-2-4-14(11)20-15(21)7-10-23-12-5-8-22-9-6-12/h2-4,12H,5-10H2,1H3,(H,20,21). The predicted molar refractivity (Wildman–Crippen MR) is 79.2 cm³/mol. The Morgan fingerprint density at radius 3 is 2.70 bits per heavy atom. The second kappa shape index (κ2) is 7.79. The van der Waals surface area contributed by atoms with Gasteiger partial charge in [0.25, 0.3) is 0 Å². The maximum atomic E-state index is 12.8. The Bertz CT molecular complexity index is 540. The SMILES string of the molecule is Cc1c(NC(=O)CCOC2CCOCC2)cccc1C(F)(F)F. The molecule has 1 aromatic rings. The first-order chi connectivity index (χ1) is 10.9. The molecule has 0 aliphatic carbocycles. The van der Waals surface area contributed by atoms with Gasteiger partial charge in [0.1, 0.15) is 0 Å². The number of amides is 1. The lowest BCUT2D eigenvalue weighted by atomic mass is 10.1. The number of hydrogen-bond donors (Lipinski definition) is 1. The third-order valence-electron chi connectivity index (χ3n) is 3.76. The lowest BCUT2D eigenvalue weighted by molar-refractivity contribution is -0.138. The molecule has 1 N–H and O–H groups in total. The molecule has 1 fully saturated rings. The highest BCUT2D eigenvalue weighted by Gasteiger charge is 2.33. The summed E-state index contributed by atoms with van der Waals surface area (Å²) >= 11 is 0. The van der Waals surface area contributed by atoms with Crippen LogP contribution in [0.25, 0.3) is 0 Å². The van der Waals surface area contributed by atoms with Crippen LogP contribution in [0.2, 0.25) is 0 Å². The molecule has 4 nitrogen and oxygen atoms in total. The van der Waals surface area contributed by atoms with E-state index in [0.717, 1.165) is 18.9 Å². The third kappa shape index (κ3) is 5.21. The average Bonchev–Trinajstić information content (AvgIpc) is 2.49. The first-order valence-electron chi connectivity index (χ1n) is 7.54. The number of ether oxygens (including phenoxy) is 2. The number of nitrogens with one attached hydrogen (secondary N) is 1. The zero-order chi connectivity index (χ0) is 16.9. The molecule has 23 heavy (non-hydrogen) atoms. The van der Waals surface area contributed by atoms with Gasteiger partial charge in [-0.2, -0.15) is 13.2 Å². The van der Waals surface area contributed by atoms with E-state index in [0.29, 0.717) is 13.2 Å². The van der Waals surface area contributed by atoms with Crippen LogP contribution >= 0.6 is 0 Å². The van der Waals surface area contributed by atoms with E-state index in [-0.39, 0.29) is 36.3 Å². The summed E-state index contributed by atoms with van der Waals surface area (Å²) in [7, 11) is 0. The summed E-state index contributed by atoms with van der Waals surface area (Å²) in [4.78, 5) is 11.9. The topological polar surface area (TPSA) is 47.6 Å². The largest absolute Gasteiger partial charge is 0.416 e. The van der Waals surface area contributed by atoms with Gasteiger partial charge in [-0.15, -0.1) is 0 Å². The van der Waals surface area contributed by atoms with Crippen LogP contribution in [-0.2, 0) is 20.4 Å². The fraction of sp³-hybridized carbons (Fsp3) is 0.562. The second-order valence-electron chi connectivity index (χ2n) is 5.46. The van der Waals surface area contributed by atoms with E-state index in [4.69, 9.17) is 9.47 Å². The first-order valence-corrected chi connectivity index (χ1v) is 7.54. The molecular formula is C16H20F3NO3. The molecule has 7 heteroatoms. The molecule has 0 saturated carbocycles. The van der Waals surface area contributed by atoms with E-state index >= 15 is 0 Å². The summed E-state index contributed by atoms with van der Waals surface area (Å²) in [6, 6.07) is 3.74. The van der Waals surface area contributed by atoms with Crippen LogP contribution < -0.4 is 5.32 Å². The number of carbonyl (C=O) groups is 1. The molecule has 0 radical (unpaired) electrons. The van der Waals surface area contributed by atoms with Gasteiger partial charge in [0.2, 0.25) is 5.91 Å². The molecular weight excluding hydrogens is 311 g/mol. The van der Waals surface area contributed by atoms with E-state index < -0.39 is 11.7 Å². The van der Waals surface area contributed by atoms with E-state index in [1.54, 1.807) is 0 Å². The minimum absolute atomic E-state index is 0.0127. The van der Waals surface area contributed by atoms with Gasteiger partial charge in [-0.05, 0) is 37.5 Å². The maximum Gasteiger partial charge on any atom is 0.416 e. The van der Waals surface area contributed by atoms with Crippen molar-refractivity contribution in [2.24, 2.45) is 0 Å². The Balaban J connectivity index is 1.85. The fourth-order valence-corrected chi connectivity index (χ4v) is 2.45. The van der Waals surface area contributed by atoms with Gasteiger partial charge >= 0.3 is 6.18 Å². The molecule has 0 aromatic heterocycles. The molecule has 0 spiro atoms. The quantitative estimate of drug-likeness (QED) is 0.898. The summed E-state index contributed by atoms with van der Waals surface area (Å²) in [5.74, 6) is -0.362. The summed E-state index contributed by atoms with van der Waals surface area (Å²) in [5, 5.41) is 2.52. The fourth-order valence-electron chi connectivity index (χ4n) is 2.45.